The van der Waals surface area contributed by atoms with Crippen molar-refractivity contribution in [1.29, 1.82) is 0 Å². The van der Waals surface area contributed by atoms with Crippen LogP contribution >= 0.6 is 11.3 Å². The summed E-state index contributed by atoms with van der Waals surface area (Å²) in [6, 6.07) is 30.5. The Labute approximate surface area is 325 Å². The molecular formula is C50H41N3OS. The van der Waals surface area contributed by atoms with Crippen molar-refractivity contribution in [3.8, 4) is 5.69 Å². The Balaban J connectivity index is 1.18. The van der Waals surface area contributed by atoms with Crippen molar-refractivity contribution in [2.24, 2.45) is 0 Å². The quantitative estimate of drug-likeness (QED) is 0.146. The zero-order valence-electron chi connectivity index (χ0n) is 31.8. The van der Waals surface area contributed by atoms with Gasteiger partial charge in [-0.05, 0) is 78.9 Å². The van der Waals surface area contributed by atoms with E-state index in [-0.39, 0.29) is 5.41 Å². The number of aryl methyl sites for hydroxylation is 1. The second-order valence-electron chi connectivity index (χ2n) is 14.6. The van der Waals surface area contributed by atoms with Crippen LogP contribution in [0.15, 0.2) is 133 Å². The monoisotopic (exact) mass is 731 g/mol. The van der Waals surface area contributed by atoms with Crippen molar-refractivity contribution in [3.63, 3.8) is 0 Å². The van der Waals surface area contributed by atoms with Crippen LogP contribution in [0.4, 0.5) is 0 Å². The molecule has 55 heavy (non-hydrogen) atoms. The molecule has 5 heteroatoms. The molecule has 0 atom stereocenters. The number of aromatic nitrogens is 3. The number of hydrogen-bond donors (Lipinski definition) is 0. The molecule has 1 aliphatic heterocycles. The van der Waals surface area contributed by atoms with Crippen LogP contribution in [0.5, 0.6) is 0 Å². The maximum Gasteiger partial charge on any atom is 0.163 e. The number of para-hydroxylation sites is 2. The van der Waals surface area contributed by atoms with E-state index in [1.165, 1.54) is 48.0 Å². The zero-order valence-corrected chi connectivity index (χ0v) is 32.6. The van der Waals surface area contributed by atoms with Gasteiger partial charge < -0.3 is 8.98 Å². The Morgan fingerprint density at radius 3 is 2.38 bits per heavy atom. The van der Waals surface area contributed by atoms with E-state index in [4.69, 9.17) is 14.4 Å². The highest BCUT2D eigenvalue weighted by atomic mass is 32.1. The predicted molar refractivity (Wildman–Crippen MR) is 236 cm³/mol. The highest BCUT2D eigenvalue weighted by molar-refractivity contribution is 7.25. The summed E-state index contributed by atoms with van der Waals surface area (Å²) in [6.45, 7) is 23.6. The van der Waals surface area contributed by atoms with Crippen LogP contribution in [-0.2, 0) is 5.41 Å². The van der Waals surface area contributed by atoms with Gasteiger partial charge in [-0.25, -0.2) is 9.97 Å². The van der Waals surface area contributed by atoms with Crippen LogP contribution in [0.3, 0.4) is 0 Å². The molecule has 9 rings (SSSR count). The van der Waals surface area contributed by atoms with Crippen LogP contribution in [0.25, 0.3) is 76.7 Å². The minimum atomic E-state index is -0.234. The van der Waals surface area contributed by atoms with Gasteiger partial charge in [-0.15, -0.1) is 11.3 Å². The molecule has 0 spiro atoms. The van der Waals surface area contributed by atoms with E-state index < -0.39 is 0 Å². The van der Waals surface area contributed by atoms with Crippen molar-refractivity contribution in [3.05, 3.63) is 180 Å². The molecule has 4 nitrogen and oxygen atoms in total. The third kappa shape index (κ3) is 5.10. The number of thiophene rings is 1. The fraction of sp³-hybridized carbons (Fsp3) is 0.120. The minimum Gasteiger partial charge on any atom is -0.460 e. The van der Waals surface area contributed by atoms with Gasteiger partial charge in [0, 0.05) is 42.8 Å². The van der Waals surface area contributed by atoms with Gasteiger partial charge in [0.15, 0.2) is 5.82 Å². The Kier molecular flexibility index (Phi) is 8.10. The van der Waals surface area contributed by atoms with Crippen LogP contribution < -0.4 is 0 Å². The van der Waals surface area contributed by atoms with Crippen LogP contribution in [0.1, 0.15) is 78.6 Å². The lowest BCUT2D eigenvalue weighted by molar-refractivity contribution is 0.520. The summed E-state index contributed by atoms with van der Waals surface area (Å²) in [5.74, 6) is 2.08. The molecule has 0 fully saturated rings. The summed E-state index contributed by atoms with van der Waals surface area (Å²) in [7, 11) is 0. The number of fused-ring (bicyclic) bond motifs is 8. The minimum absolute atomic E-state index is 0.234. The van der Waals surface area contributed by atoms with Crippen molar-refractivity contribution >= 4 is 82.3 Å². The molecule has 0 unspecified atom stereocenters. The van der Waals surface area contributed by atoms with E-state index in [0.29, 0.717) is 11.6 Å². The lowest BCUT2D eigenvalue weighted by atomic mass is 9.74. The molecule has 8 aromatic rings. The second kappa shape index (κ2) is 12.9. The second-order valence-corrected chi connectivity index (χ2v) is 15.7. The van der Waals surface area contributed by atoms with Gasteiger partial charge in [-0.1, -0.05) is 125 Å². The number of benzene rings is 4. The number of allylic oxidation sites excluding steroid dienone is 6. The van der Waals surface area contributed by atoms with Gasteiger partial charge in [0.05, 0.1) is 28.0 Å². The van der Waals surface area contributed by atoms with Crippen molar-refractivity contribution in [2.75, 3.05) is 0 Å². The maximum absolute atomic E-state index is 6.37. The van der Waals surface area contributed by atoms with E-state index in [9.17, 15) is 0 Å². The van der Waals surface area contributed by atoms with Gasteiger partial charge in [-0.2, -0.15) is 0 Å². The smallest absolute Gasteiger partial charge is 0.163 e. The Morgan fingerprint density at radius 1 is 0.855 bits per heavy atom. The largest absolute Gasteiger partial charge is 0.460 e. The molecule has 0 bridgehead atoms. The van der Waals surface area contributed by atoms with E-state index >= 15 is 0 Å². The fourth-order valence-corrected chi connectivity index (χ4v) is 9.74. The van der Waals surface area contributed by atoms with E-state index in [2.05, 4.69) is 111 Å². The maximum atomic E-state index is 6.37. The van der Waals surface area contributed by atoms with Gasteiger partial charge in [0.2, 0.25) is 0 Å². The van der Waals surface area contributed by atoms with Gasteiger partial charge in [0.1, 0.15) is 16.4 Å². The Hall–Kier alpha value is -6.30. The molecule has 5 heterocycles. The first-order valence-corrected chi connectivity index (χ1v) is 19.5. The van der Waals surface area contributed by atoms with Gasteiger partial charge in [-0.3, -0.25) is 0 Å². The molecule has 4 aromatic heterocycles. The molecule has 0 saturated carbocycles. The molecule has 0 amide bonds. The SMILES string of the molecule is C=C/C(=C\C(=C)c1nc(/C(=C/C)c2oc(C)c(/C=C\C)c2C=C)nc2ccccc12)c1ccc2c(c1)C(C)(C)c1cccc3c4c5ccccc5sc4n-2c13. The summed E-state index contributed by atoms with van der Waals surface area (Å²) < 4.78 is 10.2. The topological polar surface area (TPSA) is 43.9 Å². The lowest BCUT2D eigenvalue weighted by Gasteiger charge is -2.35. The lowest BCUT2D eigenvalue weighted by Crippen LogP contribution is -2.26. The van der Waals surface area contributed by atoms with E-state index in [1.807, 2.05) is 80.7 Å². The van der Waals surface area contributed by atoms with Crippen molar-refractivity contribution < 1.29 is 4.42 Å². The third-order valence-corrected chi connectivity index (χ3v) is 12.3. The summed E-state index contributed by atoms with van der Waals surface area (Å²) in [4.78, 5) is 11.5. The fourth-order valence-electron chi connectivity index (χ4n) is 8.50. The van der Waals surface area contributed by atoms with Gasteiger partial charge in [0.25, 0.3) is 0 Å². The van der Waals surface area contributed by atoms with E-state index in [0.717, 1.165) is 55.8 Å². The normalized spacial score (nSPS) is 14.1. The average Bonchev–Trinajstić information content (AvgIpc) is 3.84. The zero-order chi connectivity index (χ0) is 38.2. The number of furan rings is 1. The molecule has 0 saturated heterocycles. The van der Waals surface area contributed by atoms with E-state index in [1.54, 1.807) is 0 Å². The summed E-state index contributed by atoms with van der Waals surface area (Å²) in [5, 5.41) is 4.89. The van der Waals surface area contributed by atoms with Crippen LogP contribution in [-0.4, -0.2) is 14.5 Å². The van der Waals surface area contributed by atoms with Crippen LogP contribution in [0.2, 0.25) is 0 Å². The highest BCUT2D eigenvalue weighted by Gasteiger charge is 2.36. The summed E-state index contributed by atoms with van der Waals surface area (Å²) in [6.07, 6.45) is 11.9. The molecular weight excluding hydrogens is 691 g/mol. The average molecular weight is 732 g/mol. The van der Waals surface area contributed by atoms with Crippen LogP contribution in [0, 0.1) is 6.92 Å². The molecule has 1 aliphatic rings. The first kappa shape index (κ1) is 34.5. The first-order chi connectivity index (χ1) is 26.7. The third-order valence-electron chi connectivity index (χ3n) is 11.2. The Morgan fingerprint density at radius 2 is 1.62 bits per heavy atom. The number of hydrogen-bond acceptors (Lipinski definition) is 4. The molecule has 268 valence electrons. The Bertz CT molecular complexity index is 3040. The highest BCUT2D eigenvalue weighted by Crippen LogP contribution is 2.51. The standard InChI is InChI=1S/C50H41N3OS/c1-9-18-35-30(6)54-47(33(35)11-3)34(12-4)48-51-41-23-15-13-19-36(41)45(52-48)29(5)27-31(10-2)32-25-26-42-40(28-32)50(7,8)39-22-17-21-38-44-37-20-14-16-24-43(37)55-49(44)53(42)46(38)39/h9-28H,2-3,5H2,1,4,6-8H3/b18-9-,31-27+,34-12+. The van der Waals surface area contributed by atoms with Crippen molar-refractivity contribution in [1.82, 2.24) is 14.5 Å². The molecule has 0 N–H and O–H groups in total. The number of nitrogens with zero attached hydrogens (tertiary/aromatic N) is 3. The molecule has 4 aromatic carbocycles. The summed E-state index contributed by atoms with van der Waals surface area (Å²) in [5.41, 5.74) is 12.0. The number of rotatable bonds is 8. The molecule has 0 aliphatic carbocycles. The summed E-state index contributed by atoms with van der Waals surface area (Å²) >= 11 is 1.87. The first-order valence-electron chi connectivity index (χ1n) is 18.7. The van der Waals surface area contributed by atoms with Crippen molar-refractivity contribution in [2.45, 2.75) is 40.0 Å². The molecule has 0 radical (unpaired) electrons. The predicted octanol–water partition coefficient (Wildman–Crippen LogP) is 13.9. The van der Waals surface area contributed by atoms with Gasteiger partial charge >= 0.3 is 0 Å².